The van der Waals surface area contributed by atoms with E-state index in [0.29, 0.717) is 12.3 Å². The van der Waals surface area contributed by atoms with Gasteiger partial charge in [-0.1, -0.05) is 44.2 Å². The monoisotopic (exact) mass is 358 g/mol. The Morgan fingerprint density at radius 3 is 2.73 bits per heavy atom. The number of likely N-dealkylation sites (tertiary alicyclic amines) is 1. The van der Waals surface area contributed by atoms with Crippen LogP contribution in [0.1, 0.15) is 45.6 Å². The molecule has 5 nitrogen and oxygen atoms in total. The first-order valence-electron chi connectivity index (χ1n) is 9.75. The van der Waals surface area contributed by atoms with E-state index in [0.717, 1.165) is 51.4 Å². The fourth-order valence-corrected chi connectivity index (χ4v) is 3.63. The predicted molar refractivity (Wildman–Crippen MR) is 108 cm³/mol. The average molecular weight is 359 g/mol. The van der Waals surface area contributed by atoms with Gasteiger partial charge < -0.3 is 16.0 Å². The Kier molecular flexibility index (Phi) is 7.49. The van der Waals surface area contributed by atoms with Gasteiger partial charge in [0.2, 0.25) is 5.91 Å². The molecule has 1 saturated heterocycles. The second-order valence-electron chi connectivity index (χ2n) is 8.12. The SMILES string of the molecule is CCNC(=NCC(C)(C)Cc1ccccc1)N1CCCC(CC(N)=O)C1. The van der Waals surface area contributed by atoms with Crippen molar-refractivity contribution in [1.82, 2.24) is 10.2 Å². The Labute approximate surface area is 158 Å². The molecule has 1 aromatic rings. The van der Waals surface area contributed by atoms with E-state index in [4.69, 9.17) is 10.7 Å². The van der Waals surface area contributed by atoms with Crippen LogP contribution in [0.4, 0.5) is 0 Å². The first-order chi connectivity index (χ1) is 12.4. The van der Waals surface area contributed by atoms with Gasteiger partial charge in [0.1, 0.15) is 0 Å². The molecule has 1 fully saturated rings. The van der Waals surface area contributed by atoms with Crippen molar-refractivity contribution in [2.24, 2.45) is 22.1 Å². The van der Waals surface area contributed by atoms with Gasteiger partial charge in [-0.05, 0) is 43.1 Å². The number of hydrogen-bond donors (Lipinski definition) is 2. The number of carbonyl (C=O) groups is 1. The molecule has 0 radical (unpaired) electrons. The second kappa shape index (κ2) is 9.60. The van der Waals surface area contributed by atoms with Crippen molar-refractivity contribution >= 4 is 11.9 Å². The maximum atomic E-state index is 11.3. The number of amides is 1. The van der Waals surface area contributed by atoms with E-state index in [-0.39, 0.29) is 11.3 Å². The lowest BCUT2D eigenvalue weighted by atomic mass is 9.86. The fraction of sp³-hybridized carbons (Fsp3) is 0.619. The Bertz CT molecular complexity index is 597. The molecule has 5 heteroatoms. The van der Waals surface area contributed by atoms with E-state index in [1.165, 1.54) is 5.56 Å². The van der Waals surface area contributed by atoms with Crippen molar-refractivity contribution in [3.05, 3.63) is 35.9 Å². The maximum Gasteiger partial charge on any atom is 0.217 e. The van der Waals surface area contributed by atoms with E-state index < -0.39 is 0 Å². The lowest BCUT2D eigenvalue weighted by Crippen LogP contribution is -2.47. The van der Waals surface area contributed by atoms with E-state index in [9.17, 15) is 4.79 Å². The predicted octanol–water partition coefficient (Wildman–Crippen LogP) is 2.81. The van der Waals surface area contributed by atoms with Crippen LogP contribution in [0.25, 0.3) is 0 Å². The first-order valence-corrected chi connectivity index (χ1v) is 9.75. The standard InChI is InChI=1S/C21H34N4O/c1-4-23-20(25-12-8-11-18(15-25)13-19(22)26)24-16-21(2,3)14-17-9-6-5-7-10-17/h5-7,9-10,18H,4,8,11-16H2,1-3H3,(H2,22,26)(H,23,24). The molecule has 3 N–H and O–H groups in total. The van der Waals surface area contributed by atoms with Gasteiger partial charge >= 0.3 is 0 Å². The molecule has 1 aliphatic heterocycles. The molecule has 0 saturated carbocycles. The highest BCUT2D eigenvalue weighted by molar-refractivity contribution is 5.80. The Morgan fingerprint density at radius 2 is 2.08 bits per heavy atom. The van der Waals surface area contributed by atoms with Crippen LogP contribution in [0.15, 0.2) is 35.3 Å². The van der Waals surface area contributed by atoms with Crippen LogP contribution in [0.2, 0.25) is 0 Å². The number of guanidine groups is 1. The van der Waals surface area contributed by atoms with E-state index in [1.54, 1.807) is 0 Å². The van der Waals surface area contributed by atoms with Crippen LogP contribution in [0.5, 0.6) is 0 Å². The summed E-state index contributed by atoms with van der Waals surface area (Å²) in [6.45, 7) is 10.1. The summed E-state index contributed by atoms with van der Waals surface area (Å²) in [5.41, 5.74) is 6.82. The molecule has 1 aliphatic rings. The topological polar surface area (TPSA) is 70.7 Å². The van der Waals surface area contributed by atoms with Crippen molar-refractivity contribution < 1.29 is 4.79 Å². The minimum absolute atomic E-state index is 0.0877. The molecule has 26 heavy (non-hydrogen) atoms. The summed E-state index contributed by atoms with van der Waals surface area (Å²) in [6, 6.07) is 10.6. The van der Waals surface area contributed by atoms with Crippen molar-refractivity contribution in [3.63, 3.8) is 0 Å². The number of nitrogens with two attached hydrogens (primary N) is 1. The van der Waals surface area contributed by atoms with Gasteiger partial charge in [-0.2, -0.15) is 0 Å². The summed E-state index contributed by atoms with van der Waals surface area (Å²) in [4.78, 5) is 18.5. The zero-order valence-corrected chi connectivity index (χ0v) is 16.5. The van der Waals surface area contributed by atoms with Crippen LogP contribution in [0, 0.1) is 11.3 Å². The Balaban J connectivity index is 2.01. The molecule has 0 aromatic heterocycles. The summed E-state index contributed by atoms with van der Waals surface area (Å²) in [6.07, 6.45) is 3.62. The fourth-order valence-electron chi connectivity index (χ4n) is 3.63. The lowest BCUT2D eigenvalue weighted by Gasteiger charge is -2.35. The molecule has 0 bridgehead atoms. The zero-order valence-electron chi connectivity index (χ0n) is 16.5. The van der Waals surface area contributed by atoms with Crippen LogP contribution < -0.4 is 11.1 Å². The molecule has 144 valence electrons. The Hall–Kier alpha value is -2.04. The molecule has 2 rings (SSSR count). The molecule has 1 aromatic carbocycles. The highest BCUT2D eigenvalue weighted by Gasteiger charge is 2.25. The highest BCUT2D eigenvalue weighted by Crippen LogP contribution is 2.23. The molecule has 1 amide bonds. The summed E-state index contributed by atoms with van der Waals surface area (Å²) < 4.78 is 0. The van der Waals surface area contributed by atoms with Crippen molar-refractivity contribution in [2.75, 3.05) is 26.2 Å². The number of benzene rings is 1. The number of aliphatic imine (C=N–C) groups is 1. The zero-order chi connectivity index (χ0) is 19.0. The van der Waals surface area contributed by atoms with Crippen molar-refractivity contribution in [3.8, 4) is 0 Å². The van der Waals surface area contributed by atoms with Gasteiger partial charge in [0.25, 0.3) is 0 Å². The number of piperidine rings is 1. The highest BCUT2D eigenvalue weighted by atomic mass is 16.1. The summed E-state index contributed by atoms with van der Waals surface area (Å²) in [7, 11) is 0. The van der Waals surface area contributed by atoms with Gasteiger partial charge in [-0.15, -0.1) is 0 Å². The molecule has 1 unspecified atom stereocenters. The van der Waals surface area contributed by atoms with E-state index in [2.05, 4.69) is 61.3 Å². The molecule has 1 atom stereocenters. The Morgan fingerprint density at radius 1 is 1.35 bits per heavy atom. The van der Waals surface area contributed by atoms with Gasteiger partial charge in [0, 0.05) is 32.6 Å². The van der Waals surface area contributed by atoms with E-state index >= 15 is 0 Å². The molecule has 0 spiro atoms. The minimum atomic E-state index is -0.206. The van der Waals surface area contributed by atoms with Gasteiger partial charge in [-0.3, -0.25) is 9.79 Å². The van der Waals surface area contributed by atoms with Gasteiger partial charge in [0.05, 0.1) is 0 Å². The third-order valence-electron chi connectivity index (χ3n) is 4.83. The number of rotatable bonds is 7. The third-order valence-corrected chi connectivity index (χ3v) is 4.83. The summed E-state index contributed by atoms with van der Waals surface area (Å²) >= 11 is 0. The second-order valence-corrected chi connectivity index (χ2v) is 8.12. The third kappa shape index (κ3) is 6.70. The average Bonchev–Trinajstić information content (AvgIpc) is 2.59. The quantitative estimate of drug-likeness (QED) is 0.582. The van der Waals surface area contributed by atoms with Gasteiger partial charge in [0.15, 0.2) is 5.96 Å². The number of hydrogen-bond acceptors (Lipinski definition) is 2. The molecular weight excluding hydrogens is 324 g/mol. The number of nitrogens with zero attached hydrogens (tertiary/aromatic N) is 2. The van der Waals surface area contributed by atoms with Crippen molar-refractivity contribution in [2.45, 2.75) is 46.5 Å². The van der Waals surface area contributed by atoms with E-state index in [1.807, 2.05) is 0 Å². The first kappa shape index (κ1) is 20.3. The van der Waals surface area contributed by atoms with Crippen LogP contribution in [0.3, 0.4) is 0 Å². The molecular formula is C21H34N4O. The van der Waals surface area contributed by atoms with Crippen molar-refractivity contribution in [1.29, 1.82) is 0 Å². The number of carbonyl (C=O) groups excluding carboxylic acids is 1. The molecule has 0 aliphatic carbocycles. The summed E-state index contributed by atoms with van der Waals surface area (Å²) in [5, 5.41) is 3.42. The van der Waals surface area contributed by atoms with Crippen LogP contribution in [-0.4, -0.2) is 42.9 Å². The minimum Gasteiger partial charge on any atom is -0.370 e. The van der Waals surface area contributed by atoms with Gasteiger partial charge in [-0.25, -0.2) is 0 Å². The number of primary amides is 1. The summed E-state index contributed by atoms with van der Waals surface area (Å²) in [5.74, 6) is 1.09. The van der Waals surface area contributed by atoms with Crippen LogP contribution >= 0.6 is 0 Å². The van der Waals surface area contributed by atoms with Crippen LogP contribution in [-0.2, 0) is 11.2 Å². The molecule has 1 heterocycles. The lowest BCUT2D eigenvalue weighted by molar-refractivity contribution is -0.119. The smallest absolute Gasteiger partial charge is 0.217 e. The maximum absolute atomic E-state index is 11.3. The normalized spacial score (nSPS) is 18.7. The largest absolute Gasteiger partial charge is 0.370 e. The number of nitrogens with one attached hydrogen (secondary N) is 1.